The van der Waals surface area contributed by atoms with E-state index in [1.807, 2.05) is 37.5 Å². The molecule has 0 saturated carbocycles. The SMILES string of the molecule is CC(C)NCc1c(Cl)cccc1OCc1ccn(C)n1. The number of aryl methyl sites for hydroxylation is 1. The van der Waals surface area contributed by atoms with Crippen LogP contribution >= 0.6 is 11.6 Å². The Kier molecular flexibility index (Phi) is 5.04. The van der Waals surface area contributed by atoms with Crippen LogP contribution in [0, 0.1) is 0 Å². The summed E-state index contributed by atoms with van der Waals surface area (Å²) in [4.78, 5) is 0. The molecule has 1 aromatic carbocycles. The summed E-state index contributed by atoms with van der Waals surface area (Å²) in [7, 11) is 1.89. The van der Waals surface area contributed by atoms with Crippen molar-refractivity contribution >= 4 is 11.6 Å². The Labute approximate surface area is 124 Å². The molecule has 5 heteroatoms. The molecule has 108 valence electrons. The highest BCUT2D eigenvalue weighted by Gasteiger charge is 2.09. The second-order valence-corrected chi connectivity index (χ2v) is 5.43. The van der Waals surface area contributed by atoms with Gasteiger partial charge in [-0.1, -0.05) is 31.5 Å². The molecule has 2 rings (SSSR count). The Morgan fingerprint density at radius 1 is 1.35 bits per heavy atom. The van der Waals surface area contributed by atoms with Crippen LogP contribution in [-0.4, -0.2) is 15.8 Å². The van der Waals surface area contributed by atoms with Crippen molar-refractivity contribution in [3.63, 3.8) is 0 Å². The van der Waals surface area contributed by atoms with E-state index in [0.717, 1.165) is 22.0 Å². The van der Waals surface area contributed by atoms with Crippen molar-refractivity contribution in [2.75, 3.05) is 0 Å². The Morgan fingerprint density at radius 3 is 2.80 bits per heavy atom. The lowest BCUT2D eigenvalue weighted by Gasteiger charge is -2.14. The summed E-state index contributed by atoms with van der Waals surface area (Å²) in [5, 5.41) is 8.38. The van der Waals surface area contributed by atoms with Gasteiger partial charge in [-0.15, -0.1) is 0 Å². The molecule has 0 atom stereocenters. The second kappa shape index (κ2) is 6.77. The average molecular weight is 294 g/mol. The van der Waals surface area contributed by atoms with Crippen molar-refractivity contribution < 1.29 is 4.74 Å². The molecule has 0 fully saturated rings. The smallest absolute Gasteiger partial charge is 0.132 e. The van der Waals surface area contributed by atoms with Gasteiger partial charge in [-0.05, 0) is 18.2 Å². The monoisotopic (exact) mass is 293 g/mol. The van der Waals surface area contributed by atoms with Crippen molar-refractivity contribution in [3.05, 3.63) is 46.7 Å². The number of ether oxygens (including phenoxy) is 1. The van der Waals surface area contributed by atoms with Crippen LogP contribution in [0.15, 0.2) is 30.5 Å². The van der Waals surface area contributed by atoms with Crippen molar-refractivity contribution in [1.29, 1.82) is 0 Å². The number of hydrogen-bond acceptors (Lipinski definition) is 3. The van der Waals surface area contributed by atoms with E-state index in [9.17, 15) is 0 Å². The zero-order valence-electron chi connectivity index (χ0n) is 12.1. The molecular weight excluding hydrogens is 274 g/mol. The highest BCUT2D eigenvalue weighted by molar-refractivity contribution is 6.31. The number of nitrogens with zero attached hydrogens (tertiary/aromatic N) is 2. The van der Waals surface area contributed by atoms with Gasteiger partial charge in [0, 0.05) is 36.4 Å². The van der Waals surface area contributed by atoms with Gasteiger partial charge in [0.2, 0.25) is 0 Å². The minimum Gasteiger partial charge on any atom is -0.487 e. The first-order chi connectivity index (χ1) is 9.56. The second-order valence-electron chi connectivity index (χ2n) is 5.02. The predicted molar refractivity (Wildman–Crippen MR) is 81.0 cm³/mol. The lowest BCUT2D eigenvalue weighted by molar-refractivity contribution is 0.296. The standard InChI is InChI=1S/C15H20ClN3O/c1-11(2)17-9-13-14(16)5-4-6-15(13)20-10-12-7-8-19(3)18-12/h4-8,11,17H,9-10H2,1-3H3. The van der Waals surface area contributed by atoms with Crippen LogP contribution in [0.4, 0.5) is 0 Å². The zero-order chi connectivity index (χ0) is 14.5. The molecule has 0 unspecified atom stereocenters. The van der Waals surface area contributed by atoms with Gasteiger partial charge in [-0.25, -0.2) is 0 Å². The predicted octanol–water partition coefficient (Wildman–Crippen LogP) is 3.15. The van der Waals surface area contributed by atoms with Crippen LogP contribution in [0.5, 0.6) is 5.75 Å². The summed E-state index contributed by atoms with van der Waals surface area (Å²) in [5.41, 5.74) is 1.88. The Hall–Kier alpha value is -1.52. The number of halogens is 1. The molecule has 0 spiro atoms. The normalized spacial score (nSPS) is 11.1. The average Bonchev–Trinajstić information content (AvgIpc) is 2.81. The van der Waals surface area contributed by atoms with E-state index in [1.54, 1.807) is 4.68 Å². The fraction of sp³-hybridized carbons (Fsp3) is 0.400. The summed E-state index contributed by atoms with van der Waals surface area (Å²) < 4.78 is 7.61. The van der Waals surface area contributed by atoms with E-state index >= 15 is 0 Å². The Morgan fingerprint density at radius 2 is 2.15 bits per heavy atom. The van der Waals surface area contributed by atoms with E-state index in [4.69, 9.17) is 16.3 Å². The van der Waals surface area contributed by atoms with Gasteiger partial charge in [0.05, 0.1) is 5.69 Å². The first-order valence-electron chi connectivity index (χ1n) is 6.68. The molecule has 1 aromatic heterocycles. The van der Waals surface area contributed by atoms with Crippen molar-refractivity contribution in [2.45, 2.75) is 33.0 Å². The maximum absolute atomic E-state index is 6.26. The molecule has 0 aliphatic rings. The van der Waals surface area contributed by atoms with Crippen molar-refractivity contribution in [2.24, 2.45) is 7.05 Å². The van der Waals surface area contributed by atoms with Crippen LogP contribution in [0.1, 0.15) is 25.1 Å². The largest absolute Gasteiger partial charge is 0.487 e. The highest BCUT2D eigenvalue weighted by Crippen LogP contribution is 2.27. The molecule has 1 heterocycles. The number of aromatic nitrogens is 2. The number of rotatable bonds is 6. The minimum absolute atomic E-state index is 0.398. The van der Waals surface area contributed by atoms with Crippen LogP contribution < -0.4 is 10.1 Å². The van der Waals surface area contributed by atoms with Crippen LogP contribution in [0.3, 0.4) is 0 Å². The highest BCUT2D eigenvalue weighted by atomic mass is 35.5. The summed E-state index contributed by atoms with van der Waals surface area (Å²) in [6.07, 6.45) is 1.90. The molecule has 0 aliphatic carbocycles. The fourth-order valence-electron chi connectivity index (χ4n) is 1.84. The van der Waals surface area contributed by atoms with Gasteiger partial charge in [0.15, 0.2) is 0 Å². The lowest BCUT2D eigenvalue weighted by Crippen LogP contribution is -2.22. The quantitative estimate of drug-likeness (QED) is 0.889. The topological polar surface area (TPSA) is 39.1 Å². The van der Waals surface area contributed by atoms with Crippen molar-refractivity contribution in [3.8, 4) is 5.75 Å². The van der Waals surface area contributed by atoms with Gasteiger partial charge in [-0.3, -0.25) is 4.68 Å². The molecule has 1 N–H and O–H groups in total. The van der Waals surface area contributed by atoms with Gasteiger partial charge in [-0.2, -0.15) is 5.10 Å². The minimum atomic E-state index is 0.398. The van der Waals surface area contributed by atoms with Crippen molar-refractivity contribution in [1.82, 2.24) is 15.1 Å². The third-order valence-electron chi connectivity index (χ3n) is 2.91. The van der Waals surface area contributed by atoms with Crippen LogP contribution in [0.2, 0.25) is 5.02 Å². The fourth-order valence-corrected chi connectivity index (χ4v) is 2.08. The maximum Gasteiger partial charge on any atom is 0.132 e. The first kappa shape index (κ1) is 14.9. The number of hydrogen-bond donors (Lipinski definition) is 1. The van der Waals surface area contributed by atoms with Gasteiger partial charge in [0.1, 0.15) is 12.4 Å². The lowest BCUT2D eigenvalue weighted by atomic mass is 10.2. The van der Waals surface area contributed by atoms with Crippen LogP contribution in [0.25, 0.3) is 0 Å². The van der Waals surface area contributed by atoms with Gasteiger partial charge < -0.3 is 10.1 Å². The molecule has 0 bridgehead atoms. The summed E-state index contributed by atoms with van der Waals surface area (Å²) >= 11 is 6.26. The molecule has 4 nitrogen and oxygen atoms in total. The molecule has 20 heavy (non-hydrogen) atoms. The molecule has 2 aromatic rings. The Bertz CT molecular complexity index is 566. The molecule has 0 radical (unpaired) electrons. The molecule has 0 aliphatic heterocycles. The Balaban J connectivity index is 2.08. The summed E-state index contributed by atoms with van der Waals surface area (Å²) in [5.74, 6) is 0.802. The maximum atomic E-state index is 6.26. The van der Waals surface area contributed by atoms with Crippen LogP contribution in [-0.2, 0) is 20.2 Å². The number of nitrogens with one attached hydrogen (secondary N) is 1. The molecular formula is C15H20ClN3O. The number of benzene rings is 1. The van der Waals surface area contributed by atoms with E-state index < -0.39 is 0 Å². The third-order valence-corrected chi connectivity index (χ3v) is 3.26. The summed E-state index contributed by atoms with van der Waals surface area (Å²) in [6.45, 7) is 5.33. The third kappa shape index (κ3) is 3.99. The first-order valence-corrected chi connectivity index (χ1v) is 7.06. The van der Waals surface area contributed by atoms with E-state index in [-0.39, 0.29) is 0 Å². The van der Waals surface area contributed by atoms with E-state index in [1.165, 1.54) is 0 Å². The molecule has 0 saturated heterocycles. The van der Waals surface area contributed by atoms with Gasteiger partial charge >= 0.3 is 0 Å². The summed E-state index contributed by atoms with van der Waals surface area (Å²) in [6, 6.07) is 8.06. The molecule has 0 amide bonds. The zero-order valence-corrected chi connectivity index (χ0v) is 12.8. The van der Waals surface area contributed by atoms with E-state index in [2.05, 4.69) is 24.3 Å². The van der Waals surface area contributed by atoms with E-state index in [0.29, 0.717) is 19.2 Å². The van der Waals surface area contributed by atoms with Gasteiger partial charge in [0.25, 0.3) is 0 Å².